The zero-order chi connectivity index (χ0) is 24.7. The number of hydrogen-bond acceptors (Lipinski definition) is 4. The highest BCUT2D eigenvalue weighted by Gasteiger charge is 2.35. The van der Waals surface area contributed by atoms with E-state index in [2.05, 4.69) is 42.7 Å². The number of aromatic nitrogens is 2. The van der Waals surface area contributed by atoms with Crippen molar-refractivity contribution < 1.29 is 13.6 Å². The van der Waals surface area contributed by atoms with Crippen LogP contribution in [0.4, 0.5) is 5.69 Å². The molecule has 5 rings (SSSR count). The van der Waals surface area contributed by atoms with E-state index >= 15 is 0 Å². The van der Waals surface area contributed by atoms with Crippen LogP contribution in [0, 0.1) is 19.8 Å². The number of carbonyl (C=O) groups is 1. The molecule has 0 N–H and O–H groups in total. The molecule has 0 saturated heterocycles. The van der Waals surface area contributed by atoms with E-state index in [0.717, 1.165) is 46.0 Å². The number of aryl methyl sites for hydroxylation is 3. The summed E-state index contributed by atoms with van der Waals surface area (Å²) in [5.74, 6) is -0.555. The van der Waals surface area contributed by atoms with E-state index in [1.165, 1.54) is 16.6 Å². The molecule has 0 bridgehead atoms. The minimum absolute atomic E-state index is 0.201. The number of anilines is 1. The third-order valence-electron chi connectivity index (χ3n) is 6.65. The Hall–Kier alpha value is -3.29. The summed E-state index contributed by atoms with van der Waals surface area (Å²) in [7, 11) is 0. The van der Waals surface area contributed by atoms with Gasteiger partial charge in [-0.05, 0) is 68.0 Å². The van der Waals surface area contributed by atoms with E-state index in [-0.39, 0.29) is 11.8 Å². The van der Waals surface area contributed by atoms with Crippen molar-refractivity contribution >= 4 is 33.9 Å². The number of amides is 1. The molecule has 1 fully saturated rings. The number of carbonyl (C=O) groups excluding carboxylic acids is 1. The van der Waals surface area contributed by atoms with Crippen LogP contribution in [0.2, 0.25) is 0 Å². The van der Waals surface area contributed by atoms with Crippen molar-refractivity contribution in [2.45, 2.75) is 46.6 Å². The zero-order valence-electron chi connectivity index (χ0n) is 20.2. The summed E-state index contributed by atoms with van der Waals surface area (Å²) in [4.78, 5) is 17.5. The van der Waals surface area contributed by atoms with E-state index < -0.39 is 11.3 Å². The summed E-state index contributed by atoms with van der Waals surface area (Å²) in [5, 5.41) is 1.18. The van der Waals surface area contributed by atoms with Crippen molar-refractivity contribution in [3.8, 4) is 11.1 Å². The van der Waals surface area contributed by atoms with Crippen molar-refractivity contribution in [1.82, 2.24) is 9.55 Å². The van der Waals surface area contributed by atoms with Gasteiger partial charge >= 0.3 is 0 Å². The smallest absolute Gasteiger partial charge is 0.241 e. The van der Waals surface area contributed by atoms with Crippen LogP contribution in [0.3, 0.4) is 0 Å². The number of pyridine rings is 1. The standard InChI is InChI=1S/C28H29N3O3S/c1-4-23-16-25-18(2)15-19(3)29-27(25)30(23)17-20-9-11-21(12-10-20)24-7-5-6-8-26(24)31(35(33)34)28(32)22-13-14-22/h5-12,15-16,22H,4,13-14,17H2,1-3H3,(H,33,34)/p-1. The minimum Gasteiger partial charge on any atom is -0.755 e. The molecule has 0 radical (unpaired) electrons. The van der Waals surface area contributed by atoms with Crippen LogP contribution in [0.15, 0.2) is 60.7 Å². The highest BCUT2D eigenvalue weighted by Crippen LogP contribution is 2.37. The van der Waals surface area contributed by atoms with Crippen molar-refractivity contribution in [3.05, 3.63) is 83.2 Å². The fourth-order valence-electron chi connectivity index (χ4n) is 4.70. The second kappa shape index (κ2) is 9.40. The lowest BCUT2D eigenvalue weighted by molar-refractivity contribution is -0.118. The van der Waals surface area contributed by atoms with Gasteiger partial charge in [0.2, 0.25) is 5.91 Å². The second-order valence-electron chi connectivity index (χ2n) is 9.23. The molecule has 4 aromatic rings. The molecule has 1 amide bonds. The van der Waals surface area contributed by atoms with Crippen LogP contribution in [-0.4, -0.2) is 24.2 Å². The van der Waals surface area contributed by atoms with Gasteiger partial charge in [0.1, 0.15) is 5.65 Å². The zero-order valence-corrected chi connectivity index (χ0v) is 21.0. The number of para-hydroxylation sites is 1. The normalized spacial score (nSPS) is 14.3. The van der Waals surface area contributed by atoms with Crippen LogP contribution < -0.4 is 4.31 Å². The van der Waals surface area contributed by atoms with Gasteiger partial charge in [-0.25, -0.2) is 9.29 Å². The molecule has 7 heteroatoms. The molecule has 1 saturated carbocycles. The highest BCUT2D eigenvalue weighted by molar-refractivity contribution is 7.81. The van der Waals surface area contributed by atoms with E-state index in [0.29, 0.717) is 17.8 Å². The first-order valence-corrected chi connectivity index (χ1v) is 13.0. The lowest BCUT2D eigenvalue weighted by atomic mass is 10.0. The van der Waals surface area contributed by atoms with Crippen molar-refractivity contribution in [2.75, 3.05) is 4.31 Å². The van der Waals surface area contributed by atoms with Gasteiger partial charge in [-0.2, -0.15) is 0 Å². The lowest BCUT2D eigenvalue weighted by Crippen LogP contribution is -2.34. The minimum atomic E-state index is -2.67. The molecule has 2 heterocycles. The van der Waals surface area contributed by atoms with Crippen LogP contribution in [0.25, 0.3) is 22.2 Å². The molecular formula is C28H28N3O3S-. The fourth-order valence-corrected chi connectivity index (χ4v) is 5.31. The third kappa shape index (κ3) is 4.54. The summed E-state index contributed by atoms with van der Waals surface area (Å²) < 4.78 is 27.2. The number of fused-ring (bicyclic) bond motifs is 1. The van der Waals surface area contributed by atoms with Crippen molar-refractivity contribution in [2.24, 2.45) is 5.92 Å². The second-order valence-corrected chi connectivity index (χ2v) is 10.0. The van der Waals surface area contributed by atoms with Gasteiger partial charge in [-0.15, -0.1) is 0 Å². The predicted octanol–water partition coefficient (Wildman–Crippen LogP) is 5.47. The highest BCUT2D eigenvalue weighted by atomic mass is 32.2. The molecular weight excluding hydrogens is 458 g/mol. The Labute approximate surface area is 208 Å². The molecule has 0 aliphatic heterocycles. The topological polar surface area (TPSA) is 78.3 Å². The van der Waals surface area contributed by atoms with Gasteiger partial charge in [0, 0.05) is 34.8 Å². The van der Waals surface area contributed by atoms with Gasteiger partial charge in [0.15, 0.2) is 0 Å². The number of hydrogen-bond donors (Lipinski definition) is 0. The monoisotopic (exact) mass is 486 g/mol. The van der Waals surface area contributed by atoms with Gasteiger partial charge in [0.25, 0.3) is 0 Å². The first-order chi connectivity index (χ1) is 16.9. The van der Waals surface area contributed by atoms with E-state index in [9.17, 15) is 13.6 Å². The van der Waals surface area contributed by atoms with Gasteiger partial charge in [0.05, 0.1) is 17.0 Å². The quantitative estimate of drug-likeness (QED) is 0.325. The fraction of sp³-hybridized carbons (Fsp3) is 0.286. The third-order valence-corrected chi connectivity index (χ3v) is 7.33. The Balaban J connectivity index is 1.48. The van der Waals surface area contributed by atoms with E-state index in [4.69, 9.17) is 4.98 Å². The first-order valence-electron chi connectivity index (χ1n) is 12.0. The maximum Gasteiger partial charge on any atom is 0.241 e. The summed E-state index contributed by atoms with van der Waals surface area (Å²) in [6, 6.07) is 19.6. The molecule has 6 nitrogen and oxygen atoms in total. The molecule has 180 valence electrons. The van der Waals surface area contributed by atoms with Crippen LogP contribution in [-0.2, 0) is 29.0 Å². The number of nitrogens with zero attached hydrogens (tertiary/aromatic N) is 3. The largest absolute Gasteiger partial charge is 0.755 e. The first kappa shape index (κ1) is 23.5. The molecule has 1 aliphatic carbocycles. The van der Waals surface area contributed by atoms with Crippen LogP contribution in [0.5, 0.6) is 0 Å². The average molecular weight is 487 g/mol. The van der Waals surface area contributed by atoms with Crippen molar-refractivity contribution in [1.29, 1.82) is 0 Å². The molecule has 2 aromatic heterocycles. The lowest BCUT2D eigenvalue weighted by Gasteiger charge is -2.26. The maximum absolute atomic E-state index is 12.7. The average Bonchev–Trinajstić information content (AvgIpc) is 3.63. The Morgan fingerprint density at radius 2 is 1.83 bits per heavy atom. The molecule has 1 atom stereocenters. The number of benzene rings is 2. The Bertz CT molecular complexity index is 1440. The Kier molecular flexibility index (Phi) is 6.30. The van der Waals surface area contributed by atoms with E-state index in [1.807, 2.05) is 31.2 Å². The Morgan fingerprint density at radius 1 is 1.11 bits per heavy atom. The molecule has 2 aromatic carbocycles. The van der Waals surface area contributed by atoms with Gasteiger partial charge in [-0.1, -0.05) is 49.4 Å². The van der Waals surface area contributed by atoms with Crippen LogP contribution in [0.1, 0.15) is 42.3 Å². The summed E-state index contributed by atoms with van der Waals surface area (Å²) >= 11 is -2.67. The van der Waals surface area contributed by atoms with Gasteiger partial charge < -0.3 is 9.12 Å². The molecule has 1 unspecified atom stereocenters. The van der Waals surface area contributed by atoms with Crippen molar-refractivity contribution in [3.63, 3.8) is 0 Å². The van der Waals surface area contributed by atoms with E-state index in [1.54, 1.807) is 12.1 Å². The predicted molar refractivity (Wildman–Crippen MR) is 139 cm³/mol. The Morgan fingerprint density at radius 3 is 2.49 bits per heavy atom. The summed E-state index contributed by atoms with van der Waals surface area (Å²) in [6.07, 6.45) is 2.40. The molecule has 1 aliphatic rings. The SMILES string of the molecule is CCc1cc2c(C)cc(C)nc2n1Cc1ccc(-c2ccccc2N(C(=O)C2CC2)S(=O)[O-])cc1. The molecule has 35 heavy (non-hydrogen) atoms. The number of rotatable bonds is 7. The summed E-state index contributed by atoms with van der Waals surface area (Å²) in [6.45, 7) is 7.00. The summed E-state index contributed by atoms with van der Waals surface area (Å²) in [5.41, 5.74) is 7.57. The van der Waals surface area contributed by atoms with Crippen LogP contribution >= 0.6 is 0 Å². The maximum atomic E-state index is 12.7. The van der Waals surface area contributed by atoms with Gasteiger partial charge in [-0.3, -0.25) is 9.00 Å². The molecule has 0 spiro atoms.